The minimum atomic E-state index is -2.42. The number of aromatic hydroxyl groups is 2. The lowest BCUT2D eigenvalue weighted by Crippen LogP contribution is -2.58. The van der Waals surface area contributed by atoms with Gasteiger partial charge in [-0.1, -0.05) is 13.0 Å². The number of rotatable bonds is 18. The molecule has 0 radical (unpaired) electrons. The monoisotopic (exact) mass is 884 g/mol. The number of carbonyl (C=O) groups is 1. The summed E-state index contributed by atoms with van der Waals surface area (Å²) in [5.41, 5.74) is -0.177. The maximum absolute atomic E-state index is 13.8. The number of hydrogen-bond donors (Lipinski definition) is 9. The van der Waals surface area contributed by atoms with Crippen molar-refractivity contribution in [3.63, 3.8) is 0 Å². The van der Waals surface area contributed by atoms with Crippen molar-refractivity contribution in [1.82, 2.24) is 10.6 Å². The van der Waals surface area contributed by atoms with Crippen molar-refractivity contribution in [2.75, 3.05) is 38.3 Å². The average molecular weight is 885 g/mol. The number of benzene rings is 3. The summed E-state index contributed by atoms with van der Waals surface area (Å²) in [7, 11) is 1.81. The molecule has 17 nitrogen and oxygen atoms in total. The van der Waals surface area contributed by atoms with Crippen LogP contribution in [0.25, 0.3) is 21.7 Å². The van der Waals surface area contributed by atoms with E-state index in [9.17, 15) is 45.3 Å². The zero-order chi connectivity index (χ0) is 45.5. The van der Waals surface area contributed by atoms with Crippen LogP contribution in [0.1, 0.15) is 55.9 Å². The van der Waals surface area contributed by atoms with Crippen molar-refractivity contribution in [3.8, 4) is 17.2 Å². The van der Waals surface area contributed by atoms with E-state index < -0.39 is 55.3 Å². The number of phenols is 2. The zero-order valence-electron chi connectivity index (χ0n) is 36.0. The SMILES string of the molecule is CCC1C2=CC=NC2=CN1c1c2c(cc3c(=O)cc(C)oc13)C[C@@H](OOC[C@@](O)(Cc1ccc(O)c3ccc(O)cc13)[C@@H](O)[C@H](O)[C@H](O)CO)[C@@](CCNC)(CC[C@@H]1CNC(=O)C1)O2. The molecule has 4 aliphatic rings. The Balaban J connectivity index is 1.21. The first-order valence-corrected chi connectivity index (χ1v) is 21.7. The van der Waals surface area contributed by atoms with Crippen LogP contribution in [-0.2, 0) is 27.4 Å². The van der Waals surface area contributed by atoms with Crippen LogP contribution in [0, 0.1) is 12.8 Å². The van der Waals surface area contributed by atoms with E-state index in [1.807, 2.05) is 19.3 Å². The highest BCUT2D eigenvalue weighted by Gasteiger charge is 2.50. The van der Waals surface area contributed by atoms with Gasteiger partial charge in [0.05, 0.1) is 23.7 Å². The van der Waals surface area contributed by atoms with Gasteiger partial charge in [0.15, 0.2) is 16.8 Å². The van der Waals surface area contributed by atoms with Crippen molar-refractivity contribution in [1.29, 1.82) is 0 Å². The van der Waals surface area contributed by atoms with Crippen molar-refractivity contribution < 1.29 is 59.5 Å². The highest BCUT2D eigenvalue weighted by Crippen LogP contribution is 2.51. The molecule has 1 saturated heterocycles. The van der Waals surface area contributed by atoms with Gasteiger partial charge in [-0.05, 0) is 93.1 Å². The quantitative estimate of drug-likeness (QED) is 0.0515. The van der Waals surface area contributed by atoms with Crippen LogP contribution in [0.15, 0.2) is 80.2 Å². The van der Waals surface area contributed by atoms with E-state index in [2.05, 4.69) is 27.4 Å². The van der Waals surface area contributed by atoms with E-state index in [1.165, 1.54) is 36.4 Å². The minimum absolute atomic E-state index is 0.00141. The normalized spacial score (nSPS) is 23.9. The molecule has 0 bridgehead atoms. The number of aliphatic imine (C=N–C) groups is 1. The molecule has 342 valence electrons. The maximum Gasteiger partial charge on any atom is 0.220 e. The summed E-state index contributed by atoms with van der Waals surface area (Å²) in [6.07, 6.45) is 0.749. The smallest absolute Gasteiger partial charge is 0.220 e. The van der Waals surface area contributed by atoms with E-state index in [4.69, 9.17) is 18.9 Å². The van der Waals surface area contributed by atoms with Gasteiger partial charge in [0.25, 0.3) is 0 Å². The second-order valence-corrected chi connectivity index (χ2v) is 17.5. The topological polar surface area (TPSA) is 256 Å². The van der Waals surface area contributed by atoms with Gasteiger partial charge in [0.1, 0.15) is 65.2 Å². The molecular weight excluding hydrogens is 829 g/mol. The summed E-state index contributed by atoms with van der Waals surface area (Å²) < 4.78 is 13.7. The third kappa shape index (κ3) is 8.50. The Bertz CT molecular complexity index is 2580. The predicted octanol–water partition coefficient (Wildman–Crippen LogP) is 2.68. The summed E-state index contributed by atoms with van der Waals surface area (Å²) in [6.45, 7) is 3.01. The predicted molar refractivity (Wildman–Crippen MR) is 236 cm³/mol. The molecule has 0 saturated carbocycles. The molecule has 0 aliphatic carbocycles. The molecule has 17 heteroatoms. The van der Waals surface area contributed by atoms with Crippen LogP contribution in [0.2, 0.25) is 0 Å². The van der Waals surface area contributed by atoms with Gasteiger partial charge in [-0.25, -0.2) is 9.78 Å². The number of amides is 1. The number of allylic oxidation sites excluding steroid dienone is 1. The number of aliphatic hydroxyl groups is 5. The van der Waals surface area contributed by atoms with Crippen LogP contribution in [0.4, 0.5) is 5.69 Å². The average Bonchev–Trinajstić information content (AvgIpc) is 4.01. The number of aliphatic hydroxyl groups excluding tert-OH is 4. The van der Waals surface area contributed by atoms with Crippen LogP contribution in [0.3, 0.4) is 0 Å². The lowest BCUT2D eigenvalue weighted by Gasteiger charge is -2.46. The van der Waals surface area contributed by atoms with Crippen LogP contribution >= 0.6 is 0 Å². The third-order valence-corrected chi connectivity index (χ3v) is 13.2. The van der Waals surface area contributed by atoms with E-state index in [1.54, 1.807) is 19.2 Å². The lowest BCUT2D eigenvalue weighted by molar-refractivity contribution is -0.373. The Morgan fingerprint density at radius 1 is 1.06 bits per heavy atom. The van der Waals surface area contributed by atoms with Gasteiger partial charge < -0.3 is 60.4 Å². The summed E-state index contributed by atoms with van der Waals surface area (Å²) in [4.78, 5) is 45.1. The van der Waals surface area contributed by atoms with E-state index >= 15 is 0 Å². The number of aryl methyl sites for hydroxylation is 1. The van der Waals surface area contributed by atoms with Gasteiger partial charge in [-0.3, -0.25) is 14.6 Å². The van der Waals surface area contributed by atoms with Gasteiger partial charge in [0.2, 0.25) is 5.91 Å². The Labute approximate surface area is 368 Å². The number of fused-ring (bicyclic) bond motifs is 4. The number of nitrogens with zero attached hydrogens (tertiary/aromatic N) is 2. The summed E-state index contributed by atoms with van der Waals surface area (Å²) in [6, 6.07) is 10.1. The molecule has 4 aliphatic heterocycles. The van der Waals surface area contributed by atoms with E-state index in [0.717, 1.165) is 11.3 Å². The third-order valence-electron chi connectivity index (χ3n) is 13.2. The number of phenolic OH excluding ortho intramolecular Hbond substituents is 2. The molecule has 3 aromatic carbocycles. The summed E-state index contributed by atoms with van der Waals surface area (Å²) >= 11 is 0. The second kappa shape index (κ2) is 18.3. The first-order chi connectivity index (χ1) is 30.7. The first kappa shape index (κ1) is 45.2. The van der Waals surface area contributed by atoms with Crippen molar-refractivity contribution >= 4 is 39.6 Å². The highest BCUT2D eigenvalue weighted by molar-refractivity contribution is 5.97. The van der Waals surface area contributed by atoms with Gasteiger partial charge in [-0.2, -0.15) is 0 Å². The molecule has 1 aromatic heterocycles. The molecule has 4 aromatic rings. The standard InChI is InChI=1S/C47H56N4O13/c1-4-35-31-10-13-49-34(31)22-51(35)41-43-28(17-33-37(55)15-25(2)62-44(33)41)18-39(47(63-43,12-14-48-3)11-9-26-16-40(57)50-21-26)64-61-24-46(60,45(59)42(58)38(56)23-52)20-27-5-8-36(54)30-7-6-29(53)19-32(27)30/h5-8,10,13,15,17,19,22,26,35,38-39,42,45,48,52-54,56,58-60H,4,9,11-12,14,16,18,20-21,23-24H2,1-3H3,(H,50,57)/t26-,35?,38+,39+,42+,45-,46-,47-/m0/s1. The Hall–Kier alpha value is -5.37. The number of ether oxygens (including phenoxy) is 1. The molecule has 0 spiro atoms. The second-order valence-electron chi connectivity index (χ2n) is 17.5. The van der Waals surface area contributed by atoms with E-state index in [0.29, 0.717) is 95.3 Å². The molecule has 8 atom stereocenters. The number of anilines is 1. The fourth-order valence-corrected chi connectivity index (χ4v) is 9.62. The molecular formula is C47H56N4O13. The Morgan fingerprint density at radius 3 is 2.61 bits per heavy atom. The van der Waals surface area contributed by atoms with E-state index in [-0.39, 0.29) is 41.2 Å². The first-order valence-electron chi connectivity index (χ1n) is 21.7. The molecule has 1 fully saturated rings. The Kier molecular flexibility index (Phi) is 12.9. The molecule has 64 heavy (non-hydrogen) atoms. The number of nitrogens with one attached hydrogen (secondary N) is 2. The minimum Gasteiger partial charge on any atom is -0.508 e. The van der Waals surface area contributed by atoms with Crippen molar-refractivity contribution in [2.45, 2.75) is 100 Å². The fraction of sp³-hybridized carbons (Fsp3) is 0.468. The lowest BCUT2D eigenvalue weighted by atomic mass is 9.79. The summed E-state index contributed by atoms with van der Waals surface area (Å²) in [5, 5.41) is 83.0. The molecule has 9 N–H and O–H groups in total. The molecule has 1 unspecified atom stereocenters. The Morgan fingerprint density at radius 2 is 1.88 bits per heavy atom. The van der Waals surface area contributed by atoms with Crippen molar-refractivity contribution in [3.05, 3.63) is 93.1 Å². The van der Waals surface area contributed by atoms with Crippen molar-refractivity contribution in [2.24, 2.45) is 10.9 Å². The van der Waals surface area contributed by atoms with Crippen LogP contribution in [0.5, 0.6) is 17.2 Å². The maximum atomic E-state index is 13.8. The van der Waals surface area contributed by atoms with Crippen LogP contribution in [-0.4, -0.2) is 123 Å². The fourth-order valence-electron chi connectivity index (χ4n) is 9.62. The number of hydrogen-bond acceptors (Lipinski definition) is 16. The highest BCUT2D eigenvalue weighted by atomic mass is 17.2. The van der Waals surface area contributed by atoms with Gasteiger partial charge in [0, 0.05) is 67.2 Å². The molecule has 5 heterocycles. The van der Waals surface area contributed by atoms with Crippen LogP contribution < -0.4 is 25.7 Å². The largest absolute Gasteiger partial charge is 0.508 e. The zero-order valence-corrected chi connectivity index (χ0v) is 36.0. The molecule has 8 rings (SSSR count). The number of carbonyl (C=O) groups excluding carboxylic acids is 1. The van der Waals surface area contributed by atoms with Gasteiger partial charge in [-0.15, -0.1) is 0 Å². The summed E-state index contributed by atoms with van der Waals surface area (Å²) in [5.74, 6) is 0.625. The van der Waals surface area contributed by atoms with Gasteiger partial charge >= 0.3 is 0 Å². The molecule has 1 amide bonds.